The second-order valence-corrected chi connectivity index (χ2v) is 2.04. The van der Waals surface area contributed by atoms with Gasteiger partial charge in [0.1, 0.15) is 6.42 Å². The number of terminal acetylenes is 1. The number of amidine groups is 1. The van der Waals surface area contributed by atoms with Gasteiger partial charge in [-0.1, -0.05) is 11.1 Å². The molecule has 0 unspecified atom stereocenters. The number of nitrogens with zero attached hydrogens (tertiary/aromatic N) is 1. The third-order valence-corrected chi connectivity index (χ3v) is 0.960. The monoisotopic (exact) mass is 184 g/mol. The van der Waals surface area contributed by atoms with Crippen LogP contribution in [0, 0.1) is 12.3 Å². The van der Waals surface area contributed by atoms with Crippen LogP contribution < -0.4 is 5.73 Å². The van der Waals surface area contributed by atoms with Crippen LogP contribution in [0.15, 0.2) is 5.16 Å². The van der Waals surface area contributed by atoms with Crippen LogP contribution in [0.1, 0.15) is 13.3 Å². The van der Waals surface area contributed by atoms with Crippen molar-refractivity contribution in [1.29, 1.82) is 0 Å². The van der Waals surface area contributed by atoms with Crippen molar-refractivity contribution in [2.24, 2.45) is 10.9 Å². The molecule has 0 aliphatic rings. The van der Waals surface area contributed by atoms with E-state index in [1.165, 1.54) is 0 Å². The van der Waals surface area contributed by atoms with E-state index in [0.29, 0.717) is 6.61 Å². The first kappa shape index (κ1) is 11.3. The molecule has 0 amide bonds. The van der Waals surface area contributed by atoms with E-state index in [2.05, 4.69) is 20.7 Å². The topological polar surface area (TPSA) is 73.9 Å². The molecule has 0 saturated heterocycles. The Morgan fingerprint density at radius 3 is 2.92 bits per heavy atom. The third-order valence-electron chi connectivity index (χ3n) is 0.960. The van der Waals surface area contributed by atoms with Crippen molar-refractivity contribution < 1.29 is 14.4 Å². The summed E-state index contributed by atoms with van der Waals surface area (Å²) < 4.78 is 4.62. The van der Waals surface area contributed by atoms with Gasteiger partial charge in [-0.15, -0.1) is 6.42 Å². The van der Waals surface area contributed by atoms with E-state index in [9.17, 15) is 4.79 Å². The highest BCUT2D eigenvalue weighted by atomic mass is 16.6. The zero-order valence-corrected chi connectivity index (χ0v) is 7.45. The number of ether oxygens (including phenoxy) is 1. The van der Waals surface area contributed by atoms with Gasteiger partial charge >= 0.3 is 5.97 Å². The fraction of sp³-hybridized carbons (Fsp3) is 0.500. The van der Waals surface area contributed by atoms with Crippen LogP contribution in [-0.2, 0) is 14.4 Å². The van der Waals surface area contributed by atoms with E-state index in [1.807, 2.05) is 0 Å². The van der Waals surface area contributed by atoms with E-state index in [-0.39, 0.29) is 18.9 Å². The summed E-state index contributed by atoms with van der Waals surface area (Å²) in [7, 11) is 0. The first-order valence-electron chi connectivity index (χ1n) is 3.74. The lowest BCUT2D eigenvalue weighted by Gasteiger charge is -2.00. The van der Waals surface area contributed by atoms with E-state index >= 15 is 0 Å². The summed E-state index contributed by atoms with van der Waals surface area (Å²) in [5.74, 6) is 1.81. The van der Waals surface area contributed by atoms with Crippen LogP contribution in [0.2, 0.25) is 0 Å². The van der Waals surface area contributed by atoms with E-state index in [0.717, 1.165) is 0 Å². The maximum Gasteiger partial charge on any atom is 0.313 e. The minimum atomic E-state index is -0.437. The Hall–Kier alpha value is -1.70. The second kappa shape index (κ2) is 6.98. The van der Waals surface area contributed by atoms with Crippen LogP contribution in [0.4, 0.5) is 0 Å². The molecule has 0 heterocycles. The average molecular weight is 184 g/mol. The molecule has 72 valence electrons. The first-order chi connectivity index (χ1) is 6.20. The average Bonchev–Trinajstić information content (AvgIpc) is 2.05. The number of carbonyl (C=O) groups is 1. The van der Waals surface area contributed by atoms with Crippen molar-refractivity contribution in [3.63, 3.8) is 0 Å². The zero-order chi connectivity index (χ0) is 10.1. The van der Waals surface area contributed by atoms with Gasteiger partial charge in [0, 0.05) is 0 Å². The Morgan fingerprint density at radius 2 is 2.38 bits per heavy atom. The van der Waals surface area contributed by atoms with Crippen LogP contribution in [0.3, 0.4) is 0 Å². The van der Waals surface area contributed by atoms with Gasteiger partial charge in [-0.3, -0.25) is 4.79 Å². The molecule has 0 fully saturated rings. The van der Waals surface area contributed by atoms with Crippen molar-refractivity contribution in [2.45, 2.75) is 13.3 Å². The first-order valence-corrected chi connectivity index (χ1v) is 3.74. The minimum absolute atomic E-state index is 0.0313. The molecule has 0 aromatic heterocycles. The van der Waals surface area contributed by atoms with Gasteiger partial charge in [-0.25, -0.2) is 0 Å². The molecule has 13 heavy (non-hydrogen) atoms. The molecule has 5 nitrogen and oxygen atoms in total. The number of hydrogen-bond acceptors (Lipinski definition) is 4. The maximum absolute atomic E-state index is 10.8. The molecule has 0 bridgehead atoms. The van der Waals surface area contributed by atoms with Crippen molar-refractivity contribution >= 4 is 11.8 Å². The number of hydrogen-bond donors (Lipinski definition) is 1. The lowest BCUT2D eigenvalue weighted by Crippen LogP contribution is -2.19. The molecule has 0 spiro atoms. The Kier molecular flexibility index (Phi) is 6.06. The Bertz CT molecular complexity index is 230. The molecule has 0 aromatic carbocycles. The Labute approximate surface area is 76.9 Å². The standard InChI is InChI=1S/C8H12N2O3/c1-3-5-13-10-7(9)6-8(11)12-4-2/h1H,4-6H2,2H3,(H2,9,10). The number of rotatable bonds is 5. The zero-order valence-electron chi connectivity index (χ0n) is 7.45. The third kappa shape index (κ3) is 6.69. The summed E-state index contributed by atoms with van der Waals surface area (Å²) in [5, 5.41) is 3.39. The van der Waals surface area contributed by atoms with E-state index in [1.54, 1.807) is 6.92 Å². The molecule has 0 atom stereocenters. The fourth-order valence-corrected chi connectivity index (χ4v) is 0.545. The molecule has 0 saturated carbocycles. The molecule has 0 aromatic rings. The summed E-state index contributed by atoms with van der Waals surface area (Å²) in [4.78, 5) is 15.3. The number of esters is 1. The molecular weight excluding hydrogens is 172 g/mol. The van der Waals surface area contributed by atoms with Crippen molar-refractivity contribution in [1.82, 2.24) is 0 Å². The highest BCUT2D eigenvalue weighted by Gasteiger charge is 2.04. The molecule has 2 N–H and O–H groups in total. The van der Waals surface area contributed by atoms with Crippen LogP contribution in [0.5, 0.6) is 0 Å². The lowest BCUT2D eigenvalue weighted by molar-refractivity contribution is -0.141. The van der Waals surface area contributed by atoms with Crippen molar-refractivity contribution in [3.05, 3.63) is 0 Å². The van der Waals surface area contributed by atoms with Gasteiger partial charge in [-0.2, -0.15) is 0 Å². The SMILES string of the molecule is C#CCON=C(N)CC(=O)OCC. The highest BCUT2D eigenvalue weighted by Crippen LogP contribution is 1.87. The quantitative estimate of drug-likeness (QED) is 0.161. The van der Waals surface area contributed by atoms with Gasteiger partial charge in [-0.05, 0) is 6.92 Å². The fourth-order valence-electron chi connectivity index (χ4n) is 0.545. The van der Waals surface area contributed by atoms with Crippen LogP contribution >= 0.6 is 0 Å². The second-order valence-electron chi connectivity index (χ2n) is 2.04. The van der Waals surface area contributed by atoms with Crippen molar-refractivity contribution in [2.75, 3.05) is 13.2 Å². The van der Waals surface area contributed by atoms with Gasteiger partial charge in [0.25, 0.3) is 0 Å². The maximum atomic E-state index is 10.8. The normalized spacial score (nSPS) is 10.3. The summed E-state index contributed by atoms with van der Waals surface area (Å²) in [5.41, 5.74) is 5.30. The predicted molar refractivity (Wildman–Crippen MR) is 47.7 cm³/mol. The predicted octanol–water partition coefficient (Wildman–Crippen LogP) is -0.138. The minimum Gasteiger partial charge on any atom is -0.466 e. The van der Waals surface area contributed by atoms with Gasteiger partial charge in [0.2, 0.25) is 0 Å². The number of oxime groups is 1. The van der Waals surface area contributed by atoms with E-state index < -0.39 is 5.97 Å². The smallest absolute Gasteiger partial charge is 0.313 e. The summed E-state index contributed by atoms with van der Waals surface area (Å²) in [6, 6.07) is 0. The largest absolute Gasteiger partial charge is 0.466 e. The van der Waals surface area contributed by atoms with E-state index in [4.69, 9.17) is 12.2 Å². The van der Waals surface area contributed by atoms with Gasteiger partial charge < -0.3 is 15.3 Å². The molecule has 0 aliphatic carbocycles. The van der Waals surface area contributed by atoms with Crippen LogP contribution in [-0.4, -0.2) is 25.0 Å². The number of nitrogens with two attached hydrogens (primary N) is 1. The number of carbonyl (C=O) groups excluding carboxylic acids is 1. The molecular formula is C8H12N2O3. The summed E-state index contributed by atoms with van der Waals surface area (Å²) in [6.07, 6.45) is 4.80. The summed E-state index contributed by atoms with van der Waals surface area (Å²) >= 11 is 0. The van der Waals surface area contributed by atoms with Gasteiger partial charge in [0.05, 0.1) is 6.61 Å². The van der Waals surface area contributed by atoms with Crippen LogP contribution in [0.25, 0.3) is 0 Å². The van der Waals surface area contributed by atoms with Gasteiger partial charge in [0.15, 0.2) is 12.4 Å². The van der Waals surface area contributed by atoms with Crippen molar-refractivity contribution in [3.8, 4) is 12.3 Å². The summed E-state index contributed by atoms with van der Waals surface area (Å²) in [6.45, 7) is 2.06. The Morgan fingerprint density at radius 1 is 1.69 bits per heavy atom. The molecule has 0 rings (SSSR count). The highest BCUT2D eigenvalue weighted by molar-refractivity contribution is 5.96. The molecule has 0 radical (unpaired) electrons. The molecule has 0 aliphatic heterocycles. The Balaban J connectivity index is 3.72. The lowest BCUT2D eigenvalue weighted by atomic mass is 10.4. The molecule has 5 heteroatoms.